The summed E-state index contributed by atoms with van der Waals surface area (Å²) in [5.41, 5.74) is 9.58. The van der Waals surface area contributed by atoms with Crippen LogP contribution in [0.25, 0.3) is 20.8 Å². The average Bonchev–Trinajstić information content (AvgIpc) is 3.32. The number of carbonyl (C=O) groups excluding carboxylic acids is 1. The molecule has 0 saturated carbocycles. The molecule has 1 amide bonds. The van der Waals surface area contributed by atoms with Crippen LogP contribution in [0.2, 0.25) is 5.02 Å². The Morgan fingerprint density at radius 2 is 2.00 bits per heavy atom. The zero-order valence-electron chi connectivity index (χ0n) is 16.2. The molecular formula is C21H20ClN5OS2. The molecule has 0 aliphatic heterocycles. The van der Waals surface area contributed by atoms with Crippen molar-refractivity contribution in [3.63, 3.8) is 0 Å². The standard InChI is InChI=1S/C21H20ClN5OS2/c1-12-3-8-15-16(11-12)29-20(26-15)13-4-6-14(7-5-13)25-19(28)18-17(22)21(30-27-18)24-10-2-9-23/h3-8,11,24H,2,9-10,23H2,1H3,(H,25,28). The number of hydrogen-bond acceptors (Lipinski definition) is 7. The van der Waals surface area contributed by atoms with Gasteiger partial charge in [0.25, 0.3) is 5.91 Å². The van der Waals surface area contributed by atoms with E-state index in [-0.39, 0.29) is 11.6 Å². The van der Waals surface area contributed by atoms with Gasteiger partial charge in [0.2, 0.25) is 0 Å². The third-order valence-electron chi connectivity index (χ3n) is 4.45. The van der Waals surface area contributed by atoms with Crippen LogP contribution in [0.4, 0.5) is 10.7 Å². The van der Waals surface area contributed by atoms with Crippen molar-refractivity contribution in [1.82, 2.24) is 9.36 Å². The first-order chi connectivity index (χ1) is 14.5. The Morgan fingerprint density at radius 3 is 2.77 bits per heavy atom. The van der Waals surface area contributed by atoms with E-state index in [0.717, 1.165) is 27.2 Å². The minimum Gasteiger partial charge on any atom is -0.374 e. The van der Waals surface area contributed by atoms with Gasteiger partial charge >= 0.3 is 0 Å². The lowest BCUT2D eigenvalue weighted by molar-refractivity contribution is 0.102. The molecule has 9 heteroatoms. The molecule has 0 aliphatic carbocycles. The minimum absolute atomic E-state index is 0.211. The van der Waals surface area contributed by atoms with Gasteiger partial charge < -0.3 is 16.4 Å². The van der Waals surface area contributed by atoms with Crippen molar-refractivity contribution in [2.45, 2.75) is 13.3 Å². The number of fused-ring (bicyclic) bond motifs is 1. The van der Waals surface area contributed by atoms with Crippen LogP contribution in [0.5, 0.6) is 0 Å². The fraction of sp³-hybridized carbons (Fsp3) is 0.190. The van der Waals surface area contributed by atoms with Crippen molar-refractivity contribution in [1.29, 1.82) is 0 Å². The van der Waals surface area contributed by atoms with Crippen molar-refractivity contribution in [3.8, 4) is 10.6 Å². The van der Waals surface area contributed by atoms with Crippen LogP contribution in [-0.2, 0) is 0 Å². The molecule has 0 aliphatic rings. The number of halogens is 1. The third-order valence-corrected chi connectivity index (χ3v) is 6.80. The molecule has 0 saturated heterocycles. The van der Waals surface area contributed by atoms with Gasteiger partial charge in [0.1, 0.15) is 15.0 Å². The van der Waals surface area contributed by atoms with Gasteiger partial charge in [-0.2, -0.15) is 4.37 Å². The van der Waals surface area contributed by atoms with Crippen molar-refractivity contribution in [2.75, 3.05) is 23.7 Å². The number of nitrogens with two attached hydrogens (primary N) is 1. The number of benzene rings is 2. The van der Waals surface area contributed by atoms with E-state index in [0.29, 0.717) is 28.8 Å². The maximum absolute atomic E-state index is 12.6. The minimum atomic E-state index is -0.341. The fourth-order valence-electron chi connectivity index (χ4n) is 2.88. The smallest absolute Gasteiger partial charge is 0.277 e. The Kier molecular flexibility index (Phi) is 6.29. The molecule has 0 bridgehead atoms. The normalized spacial score (nSPS) is 11.0. The van der Waals surface area contributed by atoms with Crippen LogP contribution in [0.15, 0.2) is 42.5 Å². The molecule has 4 N–H and O–H groups in total. The number of hydrogen-bond donors (Lipinski definition) is 3. The fourth-order valence-corrected chi connectivity index (χ4v) is 4.99. The van der Waals surface area contributed by atoms with Crippen molar-refractivity contribution in [2.24, 2.45) is 5.73 Å². The second kappa shape index (κ2) is 9.09. The number of nitrogens with zero attached hydrogens (tertiary/aromatic N) is 2. The Labute approximate surface area is 187 Å². The van der Waals surface area contributed by atoms with E-state index in [1.807, 2.05) is 30.3 Å². The first-order valence-electron chi connectivity index (χ1n) is 9.43. The molecule has 154 valence electrons. The summed E-state index contributed by atoms with van der Waals surface area (Å²) in [6, 6.07) is 13.8. The Balaban J connectivity index is 1.46. The first-order valence-corrected chi connectivity index (χ1v) is 11.4. The summed E-state index contributed by atoms with van der Waals surface area (Å²) in [4.78, 5) is 17.3. The predicted octanol–water partition coefficient (Wildman–Crippen LogP) is 5.39. The van der Waals surface area contributed by atoms with E-state index in [1.165, 1.54) is 17.1 Å². The molecule has 30 heavy (non-hydrogen) atoms. The molecule has 0 spiro atoms. The second-order valence-electron chi connectivity index (χ2n) is 6.76. The van der Waals surface area contributed by atoms with Crippen LogP contribution >= 0.6 is 34.5 Å². The van der Waals surface area contributed by atoms with Gasteiger partial charge in [-0.25, -0.2) is 4.98 Å². The molecule has 0 unspecified atom stereocenters. The Hall–Kier alpha value is -2.52. The van der Waals surface area contributed by atoms with Gasteiger partial charge in [0.05, 0.1) is 10.2 Å². The maximum Gasteiger partial charge on any atom is 0.277 e. The van der Waals surface area contributed by atoms with Crippen LogP contribution in [0, 0.1) is 6.92 Å². The van der Waals surface area contributed by atoms with Crippen molar-refractivity contribution >= 4 is 61.3 Å². The molecule has 0 radical (unpaired) electrons. The first kappa shape index (κ1) is 20.7. The molecule has 2 aromatic carbocycles. The lowest BCUT2D eigenvalue weighted by Crippen LogP contribution is -2.13. The molecule has 4 aromatic rings. The number of carbonyl (C=O) groups is 1. The summed E-state index contributed by atoms with van der Waals surface area (Å²) in [6.45, 7) is 3.35. The maximum atomic E-state index is 12.6. The van der Waals surface area contributed by atoms with Crippen LogP contribution in [-0.4, -0.2) is 28.4 Å². The largest absolute Gasteiger partial charge is 0.374 e. The predicted molar refractivity (Wildman–Crippen MR) is 127 cm³/mol. The highest BCUT2D eigenvalue weighted by Crippen LogP contribution is 2.32. The summed E-state index contributed by atoms with van der Waals surface area (Å²) in [7, 11) is 0. The number of aromatic nitrogens is 2. The van der Waals surface area contributed by atoms with Gasteiger partial charge in [-0.3, -0.25) is 4.79 Å². The summed E-state index contributed by atoms with van der Waals surface area (Å²) >= 11 is 9.13. The van der Waals surface area contributed by atoms with E-state index in [1.54, 1.807) is 11.3 Å². The van der Waals surface area contributed by atoms with Gasteiger partial charge in [0.15, 0.2) is 5.69 Å². The topological polar surface area (TPSA) is 92.9 Å². The monoisotopic (exact) mass is 457 g/mol. The average molecular weight is 458 g/mol. The molecule has 0 fully saturated rings. The SMILES string of the molecule is Cc1ccc2nc(-c3ccc(NC(=O)c4nsc(NCCCN)c4Cl)cc3)sc2c1. The Morgan fingerprint density at radius 1 is 1.20 bits per heavy atom. The molecule has 2 aromatic heterocycles. The lowest BCUT2D eigenvalue weighted by Gasteiger charge is -2.05. The molecule has 6 nitrogen and oxygen atoms in total. The van der Waals surface area contributed by atoms with E-state index < -0.39 is 0 Å². The summed E-state index contributed by atoms with van der Waals surface area (Å²) in [6.07, 6.45) is 0.816. The van der Waals surface area contributed by atoms with Crippen LogP contribution < -0.4 is 16.4 Å². The van der Waals surface area contributed by atoms with Gasteiger partial charge in [-0.15, -0.1) is 11.3 Å². The highest BCUT2D eigenvalue weighted by molar-refractivity contribution is 7.21. The van der Waals surface area contributed by atoms with E-state index in [4.69, 9.17) is 22.3 Å². The number of anilines is 2. The van der Waals surface area contributed by atoms with Crippen molar-refractivity contribution in [3.05, 3.63) is 58.7 Å². The van der Waals surface area contributed by atoms with Gasteiger partial charge in [0, 0.05) is 17.8 Å². The van der Waals surface area contributed by atoms with E-state index in [2.05, 4.69) is 34.1 Å². The number of amides is 1. The summed E-state index contributed by atoms with van der Waals surface area (Å²) in [5, 5.41) is 7.96. The van der Waals surface area contributed by atoms with E-state index in [9.17, 15) is 4.79 Å². The lowest BCUT2D eigenvalue weighted by atomic mass is 10.2. The van der Waals surface area contributed by atoms with Crippen molar-refractivity contribution < 1.29 is 4.79 Å². The number of aryl methyl sites for hydroxylation is 1. The van der Waals surface area contributed by atoms with E-state index >= 15 is 0 Å². The summed E-state index contributed by atoms with van der Waals surface area (Å²) in [5.74, 6) is -0.341. The van der Waals surface area contributed by atoms with Crippen LogP contribution in [0.1, 0.15) is 22.5 Å². The molecule has 0 atom stereocenters. The Bertz CT molecular complexity index is 1190. The van der Waals surface area contributed by atoms with Gasteiger partial charge in [-0.1, -0.05) is 17.7 Å². The molecule has 4 rings (SSSR count). The quantitative estimate of drug-likeness (QED) is 0.323. The number of rotatable bonds is 7. The van der Waals surface area contributed by atoms with Gasteiger partial charge in [-0.05, 0) is 73.4 Å². The highest BCUT2D eigenvalue weighted by atomic mass is 35.5. The molecular weight excluding hydrogens is 438 g/mol. The molecule has 2 heterocycles. The summed E-state index contributed by atoms with van der Waals surface area (Å²) < 4.78 is 5.35. The zero-order chi connectivity index (χ0) is 21.1. The highest BCUT2D eigenvalue weighted by Gasteiger charge is 2.18. The number of nitrogens with one attached hydrogen (secondary N) is 2. The third kappa shape index (κ3) is 4.46. The zero-order valence-corrected chi connectivity index (χ0v) is 18.6. The number of thiazole rings is 1. The second-order valence-corrected chi connectivity index (χ2v) is 8.95. The van der Waals surface area contributed by atoms with Crippen LogP contribution in [0.3, 0.4) is 0 Å².